The molecule has 6 heteroatoms. The molecule has 1 aromatic carbocycles. The second kappa shape index (κ2) is 5.20. The van der Waals surface area contributed by atoms with E-state index in [-0.39, 0.29) is 18.9 Å². The van der Waals surface area contributed by atoms with Crippen molar-refractivity contribution in [3.63, 3.8) is 0 Å². The van der Waals surface area contributed by atoms with Crippen LogP contribution in [0.4, 0.5) is 4.79 Å². The van der Waals surface area contributed by atoms with E-state index in [4.69, 9.17) is 9.47 Å². The van der Waals surface area contributed by atoms with Crippen LogP contribution in [-0.2, 0) is 0 Å². The molecule has 1 atom stereocenters. The minimum absolute atomic E-state index is 0.0833. The number of nitrogens with zero attached hydrogens (tertiary/aromatic N) is 2. The minimum atomic E-state index is 0.0833. The van der Waals surface area contributed by atoms with Gasteiger partial charge in [0.25, 0.3) is 0 Å². The Hall–Kier alpha value is -1.95. The van der Waals surface area contributed by atoms with Gasteiger partial charge in [0.2, 0.25) is 6.79 Å². The van der Waals surface area contributed by atoms with Gasteiger partial charge in [-0.25, -0.2) is 4.79 Å². The number of fused-ring (bicyclic) bond motifs is 1. The number of likely N-dealkylation sites (N-methyl/N-ethyl adjacent to an activating group) is 2. The average Bonchev–Trinajstić information content (AvgIpc) is 3.04. The Morgan fingerprint density at radius 3 is 2.80 bits per heavy atom. The van der Waals surface area contributed by atoms with Crippen LogP contribution in [0.5, 0.6) is 11.5 Å². The molecule has 1 unspecified atom stereocenters. The smallest absolute Gasteiger partial charge is 0.319 e. The van der Waals surface area contributed by atoms with Gasteiger partial charge in [0.05, 0.1) is 0 Å². The van der Waals surface area contributed by atoms with Crippen LogP contribution in [0.3, 0.4) is 0 Å². The molecule has 3 rings (SSSR count). The van der Waals surface area contributed by atoms with Gasteiger partial charge >= 0.3 is 6.03 Å². The van der Waals surface area contributed by atoms with Crippen molar-refractivity contribution in [1.82, 2.24) is 15.1 Å². The molecule has 2 heterocycles. The van der Waals surface area contributed by atoms with Gasteiger partial charge in [-0.2, -0.15) is 0 Å². The molecule has 0 aliphatic carbocycles. The highest BCUT2D eigenvalue weighted by molar-refractivity contribution is 5.76. The van der Waals surface area contributed by atoms with Gasteiger partial charge in [0.1, 0.15) is 0 Å². The van der Waals surface area contributed by atoms with Gasteiger partial charge in [0, 0.05) is 32.7 Å². The zero-order valence-corrected chi connectivity index (χ0v) is 11.8. The monoisotopic (exact) mass is 277 g/mol. The average molecular weight is 277 g/mol. The first-order valence-corrected chi connectivity index (χ1v) is 6.76. The Morgan fingerprint density at radius 1 is 1.30 bits per heavy atom. The van der Waals surface area contributed by atoms with Gasteiger partial charge in [-0.3, -0.25) is 0 Å². The maximum absolute atomic E-state index is 12.0. The molecule has 1 N–H and O–H groups in total. The number of carbonyl (C=O) groups is 1. The second-order valence-corrected chi connectivity index (χ2v) is 5.10. The van der Waals surface area contributed by atoms with Crippen molar-refractivity contribution >= 4 is 6.03 Å². The zero-order valence-electron chi connectivity index (χ0n) is 11.8. The topological polar surface area (TPSA) is 54.0 Å². The molecule has 0 bridgehead atoms. The van der Waals surface area contributed by atoms with E-state index in [1.807, 2.05) is 37.2 Å². The van der Waals surface area contributed by atoms with E-state index in [2.05, 4.69) is 5.32 Å². The minimum Gasteiger partial charge on any atom is -0.454 e. The summed E-state index contributed by atoms with van der Waals surface area (Å²) in [4.78, 5) is 15.6. The number of ether oxygens (including phenoxy) is 2. The number of benzene rings is 1. The fraction of sp³-hybridized carbons (Fsp3) is 0.500. The normalized spacial score (nSPS) is 18.8. The highest BCUT2D eigenvalue weighted by Gasteiger charge is 2.28. The molecular weight excluding hydrogens is 258 g/mol. The van der Waals surface area contributed by atoms with Crippen molar-refractivity contribution in [1.29, 1.82) is 0 Å². The van der Waals surface area contributed by atoms with E-state index < -0.39 is 0 Å². The van der Waals surface area contributed by atoms with E-state index in [9.17, 15) is 4.79 Å². The van der Waals surface area contributed by atoms with E-state index in [1.165, 1.54) is 0 Å². The number of hydrogen-bond donors (Lipinski definition) is 1. The second-order valence-electron chi connectivity index (χ2n) is 5.10. The van der Waals surface area contributed by atoms with E-state index in [0.29, 0.717) is 6.54 Å². The summed E-state index contributed by atoms with van der Waals surface area (Å²) in [5, 5.41) is 3.26. The molecule has 0 aromatic heterocycles. The van der Waals surface area contributed by atoms with E-state index >= 15 is 0 Å². The van der Waals surface area contributed by atoms with Crippen LogP contribution in [-0.4, -0.2) is 56.4 Å². The summed E-state index contributed by atoms with van der Waals surface area (Å²) in [5.74, 6) is 1.55. The number of hydrogen-bond acceptors (Lipinski definition) is 4. The molecule has 20 heavy (non-hydrogen) atoms. The molecule has 0 radical (unpaired) electrons. The maximum Gasteiger partial charge on any atom is 0.319 e. The van der Waals surface area contributed by atoms with Crippen LogP contribution in [0.1, 0.15) is 11.6 Å². The SMILES string of the molecule is CNC(CN1CCN(C)C1=O)c1ccc2c(c1)OCO2. The largest absolute Gasteiger partial charge is 0.454 e. The van der Waals surface area contributed by atoms with Crippen LogP contribution in [0, 0.1) is 0 Å². The molecular formula is C14H19N3O3. The first-order valence-electron chi connectivity index (χ1n) is 6.76. The Morgan fingerprint density at radius 2 is 2.10 bits per heavy atom. The van der Waals surface area contributed by atoms with E-state index in [1.54, 1.807) is 4.90 Å². The summed E-state index contributed by atoms with van der Waals surface area (Å²) >= 11 is 0. The standard InChI is InChI=1S/C14H19N3O3/c1-15-11(8-17-6-5-16(2)14(17)18)10-3-4-12-13(7-10)20-9-19-12/h3-4,7,11,15H,5-6,8-9H2,1-2H3. The Labute approximate surface area is 118 Å². The lowest BCUT2D eigenvalue weighted by Crippen LogP contribution is -2.36. The predicted molar refractivity (Wildman–Crippen MR) is 74.0 cm³/mol. The van der Waals surface area contributed by atoms with Crippen LogP contribution >= 0.6 is 0 Å². The quantitative estimate of drug-likeness (QED) is 0.893. The maximum atomic E-state index is 12.0. The van der Waals surface area contributed by atoms with Crippen LogP contribution in [0.15, 0.2) is 18.2 Å². The molecule has 2 aliphatic heterocycles. The molecule has 1 aromatic rings. The van der Waals surface area contributed by atoms with Crippen molar-refractivity contribution in [2.45, 2.75) is 6.04 Å². The molecule has 1 fully saturated rings. The zero-order chi connectivity index (χ0) is 14.1. The molecule has 108 valence electrons. The predicted octanol–water partition coefficient (Wildman–Crippen LogP) is 1.04. The molecule has 0 spiro atoms. The van der Waals surface area contributed by atoms with Crippen LogP contribution in [0.2, 0.25) is 0 Å². The third-order valence-corrected chi connectivity index (χ3v) is 3.85. The molecule has 1 saturated heterocycles. The third-order valence-electron chi connectivity index (χ3n) is 3.85. The van der Waals surface area contributed by atoms with Gasteiger partial charge in [0.15, 0.2) is 11.5 Å². The Kier molecular flexibility index (Phi) is 3.40. The van der Waals surface area contributed by atoms with Crippen molar-refractivity contribution in [3.8, 4) is 11.5 Å². The summed E-state index contributed by atoms with van der Waals surface area (Å²) in [7, 11) is 3.73. The molecule has 2 amide bonds. The van der Waals surface area contributed by atoms with Gasteiger partial charge < -0.3 is 24.6 Å². The lowest BCUT2D eigenvalue weighted by Gasteiger charge is -2.23. The fourth-order valence-corrected chi connectivity index (χ4v) is 2.59. The lowest BCUT2D eigenvalue weighted by molar-refractivity contribution is 0.174. The van der Waals surface area contributed by atoms with Gasteiger partial charge in [-0.15, -0.1) is 0 Å². The molecule has 2 aliphatic rings. The summed E-state index contributed by atoms with van der Waals surface area (Å²) in [5.41, 5.74) is 1.10. The highest BCUT2D eigenvalue weighted by atomic mass is 16.7. The lowest BCUT2D eigenvalue weighted by atomic mass is 10.1. The van der Waals surface area contributed by atoms with Crippen LogP contribution < -0.4 is 14.8 Å². The fourth-order valence-electron chi connectivity index (χ4n) is 2.59. The summed E-state index contributed by atoms with van der Waals surface area (Å²) in [6.07, 6.45) is 0. The first kappa shape index (κ1) is 13.1. The van der Waals surface area contributed by atoms with Crippen LogP contribution in [0.25, 0.3) is 0 Å². The molecule has 0 saturated carbocycles. The van der Waals surface area contributed by atoms with Crippen molar-refractivity contribution in [2.75, 3.05) is 40.5 Å². The summed E-state index contributed by atoms with van der Waals surface area (Å²) in [6, 6.07) is 6.08. The Bertz CT molecular complexity index is 520. The number of urea groups is 1. The van der Waals surface area contributed by atoms with Crippen molar-refractivity contribution in [3.05, 3.63) is 23.8 Å². The number of rotatable bonds is 4. The summed E-state index contributed by atoms with van der Waals surface area (Å²) < 4.78 is 10.7. The third kappa shape index (κ3) is 2.27. The number of nitrogens with one attached hydrogen (secondary N) is 1. The van der Waals surface area contributed by atoms with Crippen molar-refractivity contribution < 1.29 is 14.3 Å². The molecule has 6 nitrogen and oxygen atoms in total. The Balaban J connectivity index is 1.75. The first-order chi connectivity index (χ1) is 9.69. The van der Waals surface area contributed by atoms with Crippen molar-refractivity contribution in [2.24, 2.45) is 0 Å². The van der Waals surface area contributed by atoms with Gasteiger partial charge in [-0.05, 0) is 24.7 Å². The van der Waals surface area contributed by atoms with Gasteiger partial charge in [-0.1, -0.05) is 6.07 Å². The number of amides is 2. The highest BCUT2D eigenvalue weighted by Crippen LogP contribution is 2.34. The van der Waals surface area contributed by atoms with E-state index in [0.717, 1.165) is 30.2 Å². The summed E-state index contributed by atoms with van der Waals surface area (Å²) in [6.45, 7) is 2.49. The number of carbonyl (C=O) groups excluding carboxylic acids is 1.